The number of Topliss-reactive ketones (excluding diaryl/α,β-unsaturated/α-hetero) is 1. The van der Waals surface area contributed by atoms with E-state index in [9.17, 15) is 4.79 Å². The molecule has 0 aliphatic carbocycles. The number of halogens is 2. The van der Waals surface area contributed by atoms with E-state index >= 15 is 0 Å². The summed E-state index contributed by atoms with van der Waals surface area (Å²) in [4.78, 5) is 12.4. The van der Waals surface area contributed by atoms with Crippen LogP contribution in [-0.4, -0.2) is 10.6 Å². The molecule has 0 radical (unpaired) electrons. The van der Waals surface area contributed by atoms with Crippen LogP contribution in [0.25, 0.3) is 0 Å². The van der Waals surface area contributed by atoms with E-state index in [0.29, 0.717) is 0 Å². The van der Waals surface area contributed by atoms with Crippen LogP contribution in [0.5, 0.6) is 0 Å². The fraction of sp³-hybridized carbons (Fsp3) is 0.188. The first-order chi connectivity index (χ1) is 9.06. The molecule has 0 bridgehead atoms. The summed E-state index contributed by atoms with van der Waals surface area (Å²) in [6, 6.07) is 19.5. The summed E-state index contributed by atoms with van der Waals surface area (Å²) in [5.41, 5.74) is 1.88. The van der Waals surface area contributed by atoms with Gasteiger partial charge in [-0.2, -0.15) is 0 Å². The van der Waals surface area contributed by atoms with E-state index < -0.39 is 4.32 Å². The molecule has 2 rings (SSSR count). The zero-order valence-electron chi connectivity index (χ0n) is 10.5. The fourth-order valence-electron chi connectivity index (χ4n) is 2.06. The van der Waals surface area contributed by atoms with Crippen molar-refractivity contribution in [3.63, 3.8) is 0 Å². The molecule has 0 fully saturated rings. The number of hydrogen-bond acceptors (Lipinski definition) is 1. The van der Waals surface area contributed by atoms with Crippen LogP contribution < -0.4 is 0 Å². The summed E-state index contributed by atoms with van der Waals surface area (Å²) in [7, 11) is 0. The molecule has 1 atom stereocenters. The van der Waals surface area contributed by atoms with Crippen LogP contribution in [0, 0.1) is 0 Å². The highest BCUT2D eigenvalue weighted by Crippen LogP contribution is 2.41. The average molecular weight is 382 g/mol. The standard InChI is InChI=1S/C16H14Br2O/c1-12(17)15(19)16(18,13-8-4-2-5-9-13)14-10-6-3-7-11-14/h2-12H,1H3. The molecule has 0 heterocycles. The molecule has 0 spiro atoms. The molecule has 0 amide bonds. The number of carbonyl (C=O) groups is 1. The third-order valence-corrected chi connectivity index (χ3v) is 4.77. The van der Waals surface area contributed by atoms with Gasteiger partial charge in [-0.15, -0.1) is 0 Å². The molecular weight excluding hydrogens is 368 g/mol. The molecule has 0 aliphatic rings. The first-order valence-electron chi connectivity index (χ1n) is 6.05. The van der Waals surface area contributed by atoms with E-state index in [4.69, 9.17) is 0 Å². The Bertz CT molecular complexity index is 510. The van der Waals surface area contributed by atoms with Crippen LogP contribution in [0.2, 0.25) is 0 Å². The monoisotopic (exact) mass is 380 g/mol. The van der Waals surface area contributed by atoms with Gasteiger partial charge in [-0.05, 0) is 18.1 Å². The molecule has 0 N–H and O–H groups in total. The van der Waals surface area contributed by atoms with Crippen molar-refractivity contribution in [3.8, 4) is 0 Å². The Morgan fingerprint density at radius 3 is 1.63 bits per heavy atom. The molecule has 0 saturated carbocycles. The second-order valence-electron chi connectivity index (χ2n) is 4.37. The molecule has 1 nitrogen and oxygen atoms in total. The maximum absolute atomic E-state index is 12.7. The van der Waals surface area contributed by atoms with Gasteiger partial charge in [-0.25, -0.2) is 0 Å². The van der Waals surface area contributed by atoms with Gasteiger partial charge < -0.3 is 0 Å². The van der Waals surface area contributed by atoms with Crippen molar-refractivity contribution in [3.05, 3.63) is 71.8 Å². The summed E-state index contributed by atoms with van der Waals surface area (Å²) in [6.45, 7) is 1.85. The summed E-state index contributed by atoms with van der Waals surface area (Å²) >= 11 is 7.08. The summed E-state index contributed by atoms with van der Waals surface area (Å²) in [5, 5.41) is 0. The topological polar surface area (TPSA) is 17.1 Å². The van der Waals surface area contributed by atoms with E-state index in [0.717, 1.165) is 11.1 Å². The van der Waals surface area contributed by atoms with Crippen molar-refractivity contribution in [1.29, 1.82) is 0 Å². The third kappa shape index (κ3) is 2.82. The van der Waals surface area contributed by atoms with Crippen LogP contribution in [0.3, 0.4) is 0 Å². The van der Waals surface area contributed by atoms with Crippen LogP contribution >= 0.6 is 31.9 Å². The quantitative estimate of drug-likeness (QED) is 0.703. The zero-order valence-corrected chi connectivity index (χ0v) is 13.7. The number of hydrogen-bond donors (Lipinski definition) is 0. The molecule has 3 heteroatoms. The van der Waals surface area contributed by atoms with Gasteiger partial charge in [0.1, 0.15) is 4.32 Å². The lowest BCUT2D eigenvalue weighted by Crippen LogP contribution is -2.35. The molecule has 0 aliphatic heterocycles. The number of ketones is 1. The predicted octanol–water partition coefficient (Wildman–Crippen LogP) is 4.68. The van der Waals surface area contributed by atoms with Gasteiger partial charge in [0.25, 0.3) is 0 Å². The van der Waals surface area contributed by atoms with Gasteiger partial charge in [-0.1, -0.05) is 92.5 Å². The predicted molar refractivity (Wildman–Crippen MR) is 86.0 cm³/mol. The zero-order chi connectivity index (χ0) is 13.9. The molecule has 1 unspecified atom stereocenters. The minimum atomic E-state index is -0.807. The second-order valence-corrected chi connectivity index (χ2v) is 6.93. The number of benzene rings is 2. The van der Waals surface area contributed by atoms with Crippen LogP contribution in [-0.2, 0) is 9.12 Å². The van der Waals surface area contributed by atoms with Crippen molar-refractivity contribution in [2.24, 2.45) is 0 Å². The highest BCUT2D eigenvalue weighted by atomic mass is 79.9. The van der Waals surface area contributed by atoms with Gasteiger partial charge in [0.15, 0.2) is 5.78 Å². The molecular formula is C16H14Br2O. The van der Waals surface area contributed by atoms with Crippen molar-refractivity contribution < 1.29 is 4.79 Å². The van der Waals surface area contributed by atoms with Crippen molar-refractivity contribution in [1.82, 2.24) is 0 Å². The molecule has 2 aromatic carbocycles. The Morgan fingerprint density at radius 2 is 1.32 bits per heavy atom. The Balaban J connectivity index is 2.61. The Morgan fingerprint density at radius 1 is 0.947 bits per heavy atom. The summed E-state index contributed by atoms with van der Waals surface area (Å²) in [6.07, 6.45) is 0. The van der Waals surface area contributed by atoms with E-state index in [1.165, 1.54) is 0 Å². The van der Waals surface area contributed by atoms with Gasteiger partial charge in [0.05, 0.1) is 4.83 Å². The van der Waals surface area contributed by atoms with Crippen molar-refractivity contribution in [2.75, 3.05) is 0 Å². The summed E-state index contributed by atoms with van der Waals surface area (Å²) < 4.78 is -0.807. The fourth-order valence-corrected chi connectivity index (χ4v) is 3.58. The lowest BCUT2D eigenvalue weighted by molar-refractivity contribution is -0.119. The van der Waals surface area contributed by atoms with E-state index in [-0.39, 0.29) is 10.6 Å². The van der Waals surface area contributed by atoms with Gasteiger partial charge in [-0.3, -0.25) is 4.79 Å². The Hall–Kier alpha value is -0.930. The summed E-state index contributed by atoms with van der Waals surface area (Å²) in [5.74, 6) is 0.0879. The molecule has 0 saturated heterocycles. The Labute approximate surface area is 130 Å². The van der Waals surface area contributed by atoms with Crippen LogP contribution in [0.4, 0.5) is 0 Å². The van der Waals surface area contributed by atoms with Gasteiger partial charge in [0.2, 0.25) is 0 Å². The Kier molecular flexibility index (Phi) is 4.58. The maximum atomic E-state index is 12.7. The molecule has 2 aromatic rings. The first-order valence-corrected chi connectivity index (χ1v) is 7.76. The van der Waals surface area contributed by atoms with E-state index in [2.05, 4.69) is 31.9 Å². The maximum Gasteiger partial charge on any atom is 0.171 e. The molecule has 19 heavy (non-hydrogen) atoms. The van der Waals surface area contributed by atoms with Crippen LogP contribution in [0.1, 0.15) is 18.1 Å². The lowest BCUT2D eigenvalue weighted by atomic mass is 9.86. The van der Waals surface area contributed by atoms with Crippen molar-refractivity contribution in [2.45, 2.75) is 16.1 Å². The minimum absolute atomic E-state index is 0.0879. The minimum Gasteiger partial charge on any atom is -0.296 e. The SMILES string of the molecule is CC(Br)C(=O)C(Br)(c1ccccc1)c1ccccc1. The number of rotatable bonds is 4. The van der Waals surface area contributed by atoms with Gasteiger partial charge in [0, 0.05) is 0 Å². The largest absolute Gasteiger partial charge is 0.296 e. The third-order valence-electron chi connectivity index (χ3n) is 3.04. The molecule has 98 valence electrons. The highest BCUT2D eigenvalue weighted by molar-refractivity contribution is 9.10. The van der Waals surface area contributed by atoms with E-state index in [1.54, 1.807) is 0 Å². The first kappa shape index (κ1) is 14.5. The normalized spacial score (nSPS) is 13.0. The van der Waals surface area contributed by atoms with Crippen LogP contribution in [0.15, 0.2) is 60.7 Å². The number of alkyl halides is 2. The van der Waals surface area contributed by atoms with Gasteiger partial charge >= 0.3 is 0 Å². The smallest absolute Gasteiger partial charge is 0.171 e. The van der Waals surface area contributed by atoms with E-state index in [1.807, 2.05) is 67.6 Å². The van der Waals surface area contributed by atoms with Crippen molar-refractivity contribution >= 4 is 37.6 Å². The number of carbonyl (C=O) groups excluding carboxylic acids is 1. The molecule has 0 aromatic heterocycles. The average Bonchev–Trinajstić information content (AvgIpc) is 2.47. The second kappa shape index (κ2) is 6.02. The highest BCUT2D eigenvalue weighted by Gasteiger charge is 2.40. The lowest BCUT2D eigenvalue weighted by Gasteiger charge is -2.28.